The third-order valence-electron chi connectivity index (χ3n) is 0. The van der Waals surface area contributed by atoms with Gasteiger partial charge >= 0.3 is 23.1 Å². The monoisotopic (exact) mass is 198 g/mol. The minimum Gasteiger partial charge on any atom is -1.00 e. The topological polar surface area (TPSA) is 0 Å². The Morgan fingerprint density at radius 3 is 1.20 bits per heavy atom. The molecule has 5 heavy (non-hydrogen) atoms. The van der Waals surface area contributed by atoms with Crippen molar-refractivity contribution in [1.82, 2.24) is 0 Å². The van der Waals surface area contributed by atoms with Crippen LogP contribution >= 0.6 is 0 Å². The van der Waals surface area contributed by atoms with Crippen LogP contribution in [0.2, 0.25) is 0 Å². The van der Waals surface area contributed by atoms with Crippen LogP contribution in [0, 0.1) is 0 Å². The van der Waals surface area contributed by atoms with Gasteiger partial charge in [-0.1, -0.05) is 0 Å². The largest absolute Gasteiger partial charge is 2.00 e. The van der Waals surface area contributed by atoms with Crippen LogP contribution in [-0.2, 0) is 38.8 Å². The maximum atomic E-state index is 0. The molecule has 0 nitrogen and oxygen atoms in total. The third-order valence-corrected chi connectivity index (χ3v) is 0. The molecule has 0 aromatic carbocycles. The van der Waals surface area contributed by atoms with Gasteiger partial charge in [-0.2, -0.15) is 0 Å². The van der Waals surface area contributed by atoms with Crippen molar-refractivity contribution in [2.24, 2.45) is 0 Å². The van der Waals surface area contributed by atoms with E-state index in [0.29, 0.717) is 0 Å². The van der Waals surface area contributed by atoms with Crippen LogP contribution < -0.4 is 0 Å². The van der Waals surface area contributed by atoms with Gasteiger partial charge < -0.3 is 2.85 Å². The van der Waals surface area contributed by atoms with Crippen molar-refractivity contribution in [1.29, 1.82) is 0 Å². The minimum atomic E-state index is 0. The van der Waals surface area contributed by atoms with Crippen LogP contribution in [0.5, 0.6) is 0 Å². The van der Waals surface area contributed by atoms with Gasteiger partial charge in [-0.3, -0.25) is 0 Å². The van der Waals surface area contributed by atoms with E-state index in [2.05, 4.69) is 0 Å². The van der Waals surface area contributed by atoms with E-state index in [4.69, 9.17) is 0 Å². The summed E-state index contributed by atoms with van der Waals surface area (Å²) in [5.41, 5.74) is 0. The molecule has 0 N–H and O–H groups in total. The summed E-state index contributed by atoms with van der Waals surface area (Å²) in [5, 5.41) is 0. The molecular formula is H8AlCuMgSiTi. The Morgan fingerprint density at radius 1 is 1.20 bits per heavy atom. The molecule has 0 aliphatic carbocycles. The first-order valence-corrected chi connectivity index (χ1v) is 0. The average molecular weight is 199 g/mol. The zero-order chi connectivity index (χ0) is 0. The van der Waals surface area contributed by atoms with Crippen molar-refractivity contribution in [3.63, 3.8) is 0 Å². The Bertz CT molecular complexity index is 17.7. The van der Waals surface area contributed by atoms with Gasteiger partial charge in [0.2, 0.25) is 0 Å². The average Bonchev–Trinajstić information content (AvgIpc) is 0. The second-order valence-electron chi connectivity index (χ2n) is 0. The number of hydrogen-bond donors (Lipinski definition) is 0. The van der Waals surface area contributed by atoms with Gasteiger partial charge in [-0.15, -0.1) is 0 Å². The molecule has 0 rings (SSSR count). The molecule has 0 saturated heterocycles. The molecule has 0 unspecified atom stereocenters. The molecule has 2 radical (unpaired) electrons. The van der Waals surface area contributed by atoms with Gasteiger partial charge in [0.25, 0.3) is 0 Å². The summed E-state index contributed by atoms with van der Waals surface area (Å²) in [6.45, 7) is 0. The predicted molar refractivity (Wildman–Crippen MR) is 27.9 cm³/mol. The normalized spacial score (nSPS) is 0. The van der Waals surface area contributed by atoms with Gasteiger partial charge in [0.1, 0.15) is 0 Å². The van der Waals surface area contributed by atoms with Crippen molar-refractivity contribution >= 4 is 51.4 Å². The first-order valence-electron chi connectivity index (χ1n) is 0. The van der Waals surface area contributed by atoms with E-state index in [1.165, 1.54) is 0 Å². The maximum Gasteiger partial charge on any atom is 2.00 e. The molecule has 5 heteroatoms. The Kier molecular flexibility index (Phi) is 276. The fraction of sp³-hybridized carbons (Fsp3) is 0. The van der Waals surface area contributed by atoms with E-state index in [-0.39, 0.29) is 93.0 Å². The zero-order valence-electron chi connectivity index (χ0n) is 4.51. The molecule has 0 aliphatic rings. The second kappa shape index (κ2) is 29.5. The summed E-state index contributed by atoms with van der Waals surface area (Å²) in [7, 11) is 0. The van der Waals surface area contributed by atoms with Crippen molar-refractivity contribution < 1.29 is 41.6 Å². The van der Waals surface area contributed by atoms with Gasteiger partial charge in [0.15, 0.2) is 17.4 Å². The van der Waals surface area contributed by atoms with E-state index in [1.54, 1.807) is 0 Å². The molecule has 0 amide bonds. The molecule has 0 fully saturated rings. The first-order chi connectivity index (χ1) is 0. The zero-order valence-corrected chi connectivity index (χ0v) is 8.43. The molecular weight excluding hydrogens is 191 g/mol. The van der Waals surface area contributed by atoms with Crippen molar-refractivity contribution in [2.45, 2.75) is 0 Å². The van der Waals surface area contributed by atoms with E-state index < -0.39 is 0 Å². The van der Waals surface area contributed by atoms with Crippen LogP contribution in [0.3, 0.4) is 0 Å². The summed E-state index contributed by atoms with van der Waals surface area (Å²) in [5.74, 6) is 0. The quantitative estimate of drug-likeness (QED) is 0.377. The van der Waals surface area contributed by atoms with Crippen LogP contribution in [0.15, 0.2) is 0 Å². The molecule has 0 aliphatic heterocycles. The van der Waals surface area contributed by atoms with Gasteiger partial charge in [0, 0.05) is 38.8 Å². The molecule has 0 saturated carbocycles. The Hall–Kier alpha value is 2.75. The van der Waals surface area contributed by atoms with Crippen molar-refractivity contribution in [3.05, 3.63) is 0 Å². The molecule has 0 spiro atoms. The summed E-state index contributed by atoms with van der Waals surface area (Å²) in [6.07, 6.45) is 0. The van der Waals surface area contributed by atoms with Crippen molar-refractivity contribution in [3.8, 4) is 0 Å². The van der Waals surface area contributed by atoms with E-state index in [9.17, 15) is 0 Å². The molecule has 0 aromatic rings. The standard InChI is InChI=1S/Al.Cu.Mg.H3Si.Ti.5H/h;;;1H3;;;;;;/q;;+2;;;;;;2*-1. The van der Waals surface area contributed by atoms with Crippen LogP contribution in [0.25, 0.3) is 0 Å². The molecule has 32 valence electrons. The SMILES string of the molecule is [AlH3].[Cu].[H-].[H-].[Mg+2].[SiH3].[Ti]. The van der Waals surface area contributed by atoms with E-state index in [0.717, 1.165) is 0 Å². The van der Waals surface area contributed by atoms with Gasteiger partial charge in [-0.05, 0) is 11.0 Å². The Labute approximate surface area is 91.9 Å². The summed E-state index contributed by atoms with van der Waals surface area (Å²) in [6, 6.07) is 0. The fourth-order valence-corrected chi connectivity index (χ4v) is 0. The summed E-state index contributed by atoms with van der Waals surface area (Å²) < 4.78 is 0. The molecule has 0 bridgehead atoms. The summed E-state index contributed by atoms with van der Waals surface area (Å²) >= 11 is 0. The Balaban J connectivity index is 0. The first kappa shape index (κ1) is 46.7. The van der Waals surface area contributed by atoms with Crippen LogP contribution in [-0.4, -0.2) is 51.4 Å². The smallest absolute Gasteiger partial charge is 1.00 e. The maximum absolute atomic E-state index is 0. The van der Waals surface area contributed by atoms with E-state index in [1.807, 2.05) is 0 Å². The third kappa shape index (κ3) is 20.1. The minimum absolute atomic E-state index is 0. The fourth-order valence-electron chi connectivity index (χ4n) is 0. The second-order valence-corrected chi connectivity index (χ2v) is 0. The van der Waals surface area contributed by atoms with Crippen LogP contribution in [0.1, 0.15) is 2.85 Å². The molecule has 0 atom stereocenters. The van der Waals surface area contributed by atoms with Gasteiger partial charge in [0.05, 0.1) is 0 Å². The van der Waals surface area contributed by atoms with Crippen LogP contribution in [0.4, 0.5) is 0 Å². The van der Waals surface area contributed by atoms with Crippen molar-refractivity contribution in [2.75, 3.05) is 0 Å². The predicted octanol–water partition coefficient (Wildman–Crippen LogP) is -2.53. The van der Waals surface area contributed by atoms with Gasteiger partial charge in [-0.25, -0.2) is 0 Å². The number of rotatable bonds is 0. The summed E-state index contributed by atoms with van der Waals surface area (Å²) in [4.78, 5) is 0. The molecule has 0 aromatic heterocycles. The number of hydrogen-bond acceptors (Lipinski definition) is 0. The van der Waals surface area contributed by atoms with E-state index >= 15 is 0 Å². The Morgan fingerprint density at radius 2 is 1.20 bits per heavy atom. The molecule has 0 heterocycles.